The number of carbonyl (C=O) groups excluding carboxylic acids is 2. The highest BCUT2D eigenvalue weighted by atomic mass is 32.2. The van der Waals surface area contributed by atoms with Crippen molar-refractivity contribution in [2.45, 2.75) is 51.0 Å². The summed E-state index contributed by atoms with van der Waals surface area (Å²) in [5.41, 5.74) is 2.78. The van der Waals surface area contributed by atoms with Crippen molar-refractivity contribution in [1.82, 2.24) is 19.0 Å². The van der Waals surface area contributed by atoms with Crippen LogP contribution in [0.4, 0.5) is 5.69 Å². The molecule has 0 saturated carbocycles. The van der Waals surface area contributed by atoms with Gasteiger partial charge in [-0.3, -0.25) is 14.3 Å². The minimum atomic E-state index is -3.69. The van der Waals surface area contributed by atoms with Crippen molar-refractivity contribution in [2.24, 2.45) is 0 Å². The fourth-order valence-corrected chi connectivity index (χ4v) is 5.93. The molecule has 2 aliphatic heterocycles. The smallest absolute Gasteiger partial charge is 0.257 e. The van der Waals surface area contributed by atoms with Crippen LogP contribution in [-0.2, 0) is 27.8 Å². The lowest BCUT2D eigenvalue weighted by atomic mass is 10.1. The predicted molar refractivity (Wildman–Crippen MR) is 120 cm³/mol. The minimum absolute atomic E-state index is 0.0719. The summed E-state index contributed by atoms with van der Waals surface area (Å²) < 4.78 is 29.8. The maximum Gasteiger partial charge on any atom is 0.257 e. The maximum atomic E-state index is 13.2. The zero-order valence-electron chi connectivity index (χ0n) is 18.5. The number of rotatable bonds is 5. The van der Waals surface area contributed by atoms with E-state index in [1.54, 1.807) is 37.1 Å². The number of sulfonamides is 1. The maximum absolute atomic E-state index is 13.2. The summed E-state index contributed by atoms with van der Waals surface area (Å²) in [5, 5.41) is 7.09. The summed E-state index contributed by atoms with van der Waals surface area (Å²) in [6, 6.07) is 4.81. The van der Waals surface area contributed by atoms with Crippen LogP contribution < -0.4 is 5.32 Å². The molecule has 172 valence electrons. The number of fused-ring (bicyclic) bond motifs is 1. The second-order valence-electron chi connectivity index (χ2n) is 8.26. The number of nitrogens with zero attached hydrogens (tertiary/aromatic N) is 4. The fraction of sp³-hybridized carbons (Fsp3) is 0.500. The van der Waals surface area contributed by atoms with Crippen LogP contribution in [0.25, 0.3) is 0 Å². The van der Waals surface area contributed by atoms with Gasteiger partial charge in [0.05, 0.1) is 22.3 Å². The van der Waals surface area contributed by atoms with E-state index < -0.39 is 10.0 Å². The van der Waals surface area contributed by atoms with E-state index in [4.69, 9.17) is 0 Å². The second kappa shape index (κ2) is 9.03. The normalized spacial score (nSPS) is 17.1. The second-order valence-corrected chi connectivity index (χ2v) is 10.2. The number of carbonyl (C=O) groups is 2. The van der Waals surface area contributed by atoms with Crippen molar-refractivity contribution >= 4 is 27.5 Å². The molecule has 0 atom stereocenters. The molecule has 4 rings (SSSR count). The van der Waals surface area contributed by atoms with Gasteiger partial charge in [-0.05, 0) is 49.9 Å². The zero-order chi connectivity index (χ0) is 22.9. The molecule has 3 heterocycles. The van der Waals surface area contributed by atoms with Crippen LogP contribution in [0.1, 0.15) is 47.8 Å². The summed E-state index contributed by atoms with van der Waals surface area (Å²) in [6.07, 6.45) is 4.98. The van der Waals surface area contributed by atoms with Gasteiger partial charge in [-0.1, -0.05) is 6.92 Å². The van der Waals surface area contributed by atoms with Gasteiger partial charge in [0, 0.05) is 44.8 Å². The lowest BCUT2D eigenvalue weighted by Gasteiger charge is -2.34. The molecule has 2 aliphatic rings. The Bertz CT molecular complexity index is 1130. The third kappa shape index (κ3) is 4.29. The first-order valence-electron chi connectivity index (χ1n) is 11.1. The van der Waals surface area contributed by atoms with Crippen molar-refractivity contribution in [1.29, 1.82) is 0 Å². The molecule has 2 amide bonds. The summed E-state index contributed by atoms with van der Waals surface area (Å²) in [4.78, 5) is 26.6. The number of aryl methyl sites for hydroxylation is 2. The van der Waals surface area contributed by atoms with Crippen LogP contribution in [0, 0.1) is 6.92 Å². The highest BCUT2D eigenvalue weighted by Gasteiger charge is 2.32. The number of anilines is 1. The van der Waals surface area contributed by atoms with Crippen LogP contribution in [0.2, 0.25) is 0 Å². The van der Waals surface area contributed by atoms with E-state index in [0.29, 0.717) is 36.3 Å². The van der Waals surface area contributed by atoms with Gasteiger partial charge in [0.1, 0.15) is 0 Å². The third-order valence-corrected chi connectivity index (χ3v) is 8.19. The monoisotopic (exact) mass is 459 g/mol. The zero-order valence-corrected chi connectivity index (χ0v) is 19.3. The first-order chi connectivity index (χ1) is 15.3. The van der Waals surface area contributed by atoms with E-state index in [2.05, 4.69) is 10.4 Å². The van der Waals surface area contributed by atoms with Crippen LogP contribution in [-0.4, -0.2) is 65.4 Å². The summed E-state index contributed by atoms with van der Waals surface area (Å²) >= 11 is 0. The average molecular weight is 460 g/mol. The highest BCUT2D eigenvalue weighted by molar-refractivity contribution is 7.89. The molecule has 1 aromatic carbocycles. The van der Waals surface area contributed by atoms with Crippen LogP contribution in [0.15, 0.2) is 29.3 Å². The number of hydrogen-bond acceptors (Lipinski definition) is 5. The molecule has 0 bridgehead atoms. The lowest BCUT2D eigenvalue weighted by Crippen LogP contribution is -2.50. The molecule has 0 spiro atoms. The Morgan fingerprint density at radius 2 is 1.84 bits per heavy atom. The SMILES string of the molecule is CCC(=O)Nc1ccc(S(=O)(=O)N2CCN(C(=O)c3cnn4c3CCCC4)CC2)c(C)c1. The summed E-state index contributed by atoms with van der Waals surface area (Å²) in [5.74, 6) is -0.196. The van der Waals surface area contributed by atoms with Crippen molar-refractivity contribution < 1.29 is 18.0 Å². The predicted octanol–water partition coefficient (Wildman–Crippen LogP) is 2.02. The first kappa shape index (κ1) is 22.5. The largest absolute Gasteiger partial charge is 0.336 e. The highest BCUT2D eigenvalue weighted by Crippen LogP contribution is 2.25. The van der Waals surface area contributed by atoms with Crippen molar-refractivity contribution in [3.63, 3.8) is 0 Å². The van der Waals surface area contributed by atoms with Crippen LogP contribution >= 0.6 is 0 Å². The number of nitrogens with one attached hydrogen (secondary N) is 1. The van der Waals surface area contributed by atoms with Crippen LogP contribution in [0.5, 0.6) is 0 Å². The van der Waals surface area contributed by atoms with E-state index in [1.807, 2.05) is 4.68 Å². The molecule has 10 heteroatoms. The van der Waals surface area contributed by atoms with Gasteiger partial charge >= 0.3 is 0 Å². The van der Waals surface area contributed by atoms with Gasteiger partial charge in [0.2, 0.25) is 15.9 Å². The molecule has 0 aliphatic carbocycles. The molecular formula is C22H29N5O4S. The molecule has 0 radical (unpaired) electrons. The number of amides is 2. The van der Waals surface area contributed by atoms with Crippen molar-refractivity contribution in [3.05, 3.63) is 41.2 Å². The van der Waals surface area contributed by atoms with Crippen molar-refractivity contribution in [2.75, 3.05) is 31.5 Å². The lowest BCUT2D eigenvalue weighted by molar-refractivity contribution is -0.115. The van der Waals surface area contributed by atoms with Gasteiger partial charge < -0.3 is 10.2 Å². The van der Waals surface area contributed by atoms with Gasteiger partial charge in [-0.15, -0.1) is 0 Å². The molecule has 1 fully saturated rings. The van der Waals surface area contributed by atoms with E-state index in [-0.39, 0.29) is 29.8 Å². The van der Waals surface area contributed by atoms with E-state index >= 15 is 0 Å². The molecule has 9 nitrogen and oxygen atoms in total. The van der Waals surface area contributed by atoms with Gasteiger partial charge in [-0.25, -0.2) is 8.42 Å². The Balaban J connectivity index is 1.44. The quantitative estimate of drug-likeness (QED) is 0.737. The fourth-order valence-electron chi connectivity index (χ4n) is 4.31. The standard InChI is InChI=1S/C22H29N5O4S/c1-3-21(28)24-17-7-8-20(16(2)14-17)32(30,31)26-12-10-25(11-13-26)22(29)18-15-23-27-9-5-4-6-19(18)27/h7-8,14-15H,3-6,9-13H2,1-2H3,(H,24,28). The average Bonchev–Trinajstić information content (AvgIpc) is 3.22. The number of benzene rings is 1. The van der Waals surface area contributed by atoms with Gasteiger partial charge in [-0.2, -0.15) is 9.40 Å². The van der Waals surface area contributed by atoms with Crippen molar-refractivity contribution in [3.8, 4) is 0 Å². The Labute approximate surface area is 188 Å². The molecule has 32 heavy (non-hydrogen) atoms. The van der Waals surface area contributed by atoms with Gasteiger partial charge in [0.25, 0.3) is 5.91 Å². The molecule has 0 unspecified atom stereocenters. The van der Waals surface area contributed by atoms with E-state index in [1.165, 1.54) is 10.4 Å². The molecule has 2 aromatic rings. The van der Waals surface area contributed by atoms with Crippen LogP contribution in [0.3, 0.4) is 0 Å². The van der Waals surface area contributed by atoms with E-state index in [0.717, 1.165) is 31.5 Å². The summed E-state index contributed by atoms with van der Waals surface area (Å²) in [6.45, 7) is 5.48. The first-order valence-corrected chi connectivity index (χ1v) is 12.5. The molecular weight excluding hydrogens is 430 g/mol. The topological polar surface area (TPSA) is 105 Å². The minimum Gasteiger partial charge on any atom is -0.336 e. The molecule has 1 aromatic heterocycles. The summed E-state index contributed by atoms with van der Waals surface area (Å²) in [7, 11) is -3.69. The number of aromatic nitrogens is 2. The Hall–Kier alpha value is -2.72. The van der Waals surface area contributed by atoms with E-state index in [9.17, 15) is 18.0 Å². The Kier molecular flexibility index (Phi) is 6.34. The Morgan fingerprint density at radius 3 is 2.53 bits per heavy atom. The molecule has 1 N–H and O–H groups in total. The third-order valence-electron chi connectivity index (χ3n) is 6.14. The number of hydrogen-bond donors (Lipinski definition) is 1. The van der Waals surface area contributed by atoms with Gasteiger partial charge in [0.15, 0.2) is 0 Å². The number of piperazine rings is 1. The Morgan fingerprint density at radius 1 is 1.09 bits per heavy atom. The molecule has 1 saturated heterocycles.